The second-order valence-electron chi connectivity index (χ2n) is 5.23. The van der Waals surface area contributed by atoms with Crippen LogP contribution in [0, 0.1) is 5.92 Å². The first-order valence-electron chi connectivity index (χ1n) is 6.95. The van der Waals surface area contributed by atoms with Gasteiger partial charge in [-0.3, -0.25) is 10.1 Å². The minimum Gasteiger partial charge on any atom is -0.397 e. The Morgan fingerprint density at radius 1 is 1.39 bits per heavy atom. The summed E-state index contributed by atoms with van der Waals surface area (Å²) in [7, 11) is 0. The summed E-state index contributed by atoms with van der Waals surface area (Å²) in [6.45, 7) is 4.30. The fourth-order valence-electron chi connectivity index (χ4n) is 1.83. The standard InChI is InChI=1S/C14H15N5OS3/c1-7(2)6-21-14-19-18-13(23-14)17-11(20)10-9(15)8-4-3-5-16-12(8)22-10/h3-5,7H,6,15H2,1-2H3,(H,17,18,20). The highest BCUT2D eigenvalue weighted by Crippen LogP contribution is 2.33. The van der Waals surface area contributed by atoms with Crippen LogP contribution in [0.25, 0.3) is 10.2 Å². The second kappa shape index (κ2) is 6.81. The summed E-state index contributed by atoms with van der Waals surface area (Å²) in [5.74, 6) is 1.27. The number of hydrogen-bond donors (Lipinski definition) is 2. The van der Waals surface area contributed by atoms with Crippen LogP contribution in [-0.2, 0) is 0 Å². The van der Waals surface area contributed by atoms with Gasteiger partial charge in [0.05, 0.1) is 5.69 Å². The van der Waals surface area contributed by atoms with Gasteiger partial charge in [-0.1, -0.05) is 36.9 Å². The van der Waals surface area contributed by atoms with E-state index in [1.165, 1.54) is 22.7 Å². The molecule has 3 N–H and O–H groups in total. The normalized spacial score (nSPS) is 11.3. The van der Waals surface area contributed by atoms with E-state index in [9.17, 15) is 4.79 Å². The Hall–Kier alpha value is -1.71. The van der Waals surface area contributed by atoms with E-state index in [-0.39, 0.29) is 5.91 Å². The van der Waals surface area contributed by atoms with Gasteiger partial charge in [0.1, 0.15) is 9.71 Å². The van der Waals surface area contributed by atoms with Crippen LogP contribution < -0.4 is 11.1 Å². The van der Waals surface area contributed by atoms with Crippen molar-refractivity contribution < 1.29 is 4.79 Å². The molecule has 0 aliphatic carbocycles. The number of thioether (sulfide) groups is 1. The third-order valence-electron chi connectivity index (χ3n) is 2.88. The largest absolute Gasteiger partial charge is 0.397 e. The molecule has 3 rings (SSSR count). The van der Waals surface area contributed by atoms with Crippen molar-refractivity contribution in [1.29, 1.82) is 0 Å². The highest BCUT2D eigenvalue weighted by molar-refractivity contribution is 8.01. The first-order valence-corrected chi connectivity index (χ1v) is 9.57. The van der Waals surface area contributed by atoms with Crippen molar-refractivity contribution in [1.82, 2.24) is 15.2 Å². The number of nitrogens with one attached hydrogen (secondary N) is 1. The maximum Gasteiger partial charge on any atom is 0.269 e. The molecule has 0 aliphatic heterocycles. The fraction of sp³-hybridized carbons (Fsp3) is 0.286. The van der Waals surface area contributed by atoms with Gasteiger partial charge >= 0.3 is 0 Å². The second-order valence-corrected chi connectivity index (χ2v) is 8.48. The number of anilines is 2. The van der Waals surface area contributed by atoms with Crippen LogP contribution in [0.1, 0.15) is 23.5 Å². The van der Waals surface area contributed by atoms with Crippen LogP contribution in [0.2, 0.25) is 0 Å². The van der Waals surface area contributed by atoms with Gasteiger partial charge in [0.25, 0.3) is 5.91 Å². The minimum atomic E-state index is -0.276. The molecule has 0 atom stereocenters. The van der Waals surface area contributed by atoms with Crippen molar-refractivity contribution in [2.75, 3.05) is 16.8 Å². The lowest BCUT2D eigenvalue weighted by Crippen LogP contribution is -2.11. The predicted octanol–water partition coefficient (Wildman–Crippen LogP) is 3.73. The molecule has 0 bridgehead atoms. The number of rotatable bonds is 5. The highest BCUT2D eigenvalue weighted by atomic mass is 32.2. The Bertz CT molecular complexity index is 842. The lowest BCUT2D eigenvalue weighted by atomic mass is 10.2. The summed E-state index contributed by atoms with van der Waals surface area (Å²) in [5.41, 5.74) is 6.51. The van der Waals surface area contributed by atoms with Crippen molar-refractivity contribution in [3.63, 3.8) is 0 Å². The first kappa shape index (κ1) is 16.2. The Morgan fingerprint density at radius 3 is 2.96 bits per heavy atom. The summed E-state index contributed by atoms with van der Waals surface area (Å²) in [6, 6.07) is 3.66. The zero-order valence-corrected chi connectivity index (χ0v) is 15.0. The molecule has 9 heteroatoms. The Kier molecular flexibility index (Phi) is 4.79. The van der Waals surface area contributed by atoms with Crippen LogP contribution in [0.3, 0.4) is 0 Å². The smallest absolute Gasteiger partial charge is 0.269 e. The maximum atomic E-state index is 12.4. The number of nitrogens with zero attached hydrogens (tertiary/aromatic N) is 3. The summed E-state index contributed by atoms with van der Waals surface area (Å²) in [6.07, 6.45) is 1.68. The number of nitrogens with two attached hydrogens (primary N) is 1. The van der Waals surface area contributed by atoms with E-state index in [1.807, 2.05) is 6.07 Å². The third-order valence-corrected chi connectivity index (χ3v) is 6.40. The summed E-state index contributed by atoms with van der Waals surface area (Å²) in [4.78, 5) is 17.8. The van der Waals surface area contributed by atoms with Gasteiger partial charge in [-0.15, -0.1) is 21.5 Å². The van der Waals surface area contributed by atoms with E-state index in [4.69, 9.17) is 5.73 Å². The van der Waals surface area contributed by atoms with Gasteiger partial charge in [-0.05, 0) is 18.1 Å². The van der Waals surface area contributed by atoms with Gasteiger partial charge in [0, 0.05) is 17.3 Å². The minimum absolute atomic E-state index is 0.276. The SMILES string of the molecule is CC(C)CSc1nnc(NC(=O)c2sc3ncccc3c2N)s1. The molecule has 0 spiro atoms. The Balaban J connectivity index is 1.74. The number of hydrogen-bond acceptors (Lipinski definition) is 8. The van der Waals surface area contributed by atoms with Crippen LogP contribution in [0.5, 0.6) is 0 Å². The van der Waals surface area contributed by atoms with Crippen LogP contribution in [-0.4, -0.2) is 26.8 Å². The molecule has 23 heavy (non-hydrogen) atoms. The van der Waals surface area contributed by atoms with E-state index in [0.717, 1.165) is 20.3 Å². The zero-order chi connectivity index (χ0) is 16.4. The van der Waals surface area contributed by atoms with Crippen molar-refractivity contribution in [3.8, 4) is 0 Å². The third kappa shape index (κ3) is 3.62. The lowest BCUT2D eigenvalue weighted by molar-refractivity contribution is 0.103. The van der Waals surface area contributed by atoms with Crippen molar-refractivity contribution >= 4 is 61.4 Å². The van der Waals surface area contributed by atoms with E-state index >= 15 is 0 Å². The molecule has 0 aliphatic rings. The Labute approximate surface area is 145 Å². The molecule has 3 aromatic rings. The highest BCUT2D eigenvalue weighted by Gasteiger charge is 2.18. The topological polar surface area (TPSA) is 93.8 Å². The maximum absolute atomic E-state index is 12.4. The molecule has 1 amide bonds. The number of carbonyl (C=O) groups excluding carboxylic acids is 1. The van der Waals surface area contributed by atoms with Gasteiger partial charge in [0.2, 0.25) is 5.13 Å². The number of fused-ring (bicyclic) bond motifs is 1. The van der Waals surface area contributed by atoms with E-state index < -0.39 is 0 Å². The summed E-state index contributed by atoms with van der Waals surface area (Å²) >= 11 is 4.28. The molecule has 0 fully saturated rings. The molecule has 0 aromatic carbocycles. The summed E-state index contributed by atoms with van der Waals surface area (Å²) in [5, 5.41) is 12.1. The number of pyridine rings is 1. The monoisotopic (exact) mass is 365 g/mol. The molecular formula is C14H15N5OS3. The average Bonchev–Trinajstić information content (AvgIpc) is 3.10. The number of aromatic nitrogens is 3. The van der Waals surface area contributed by atoms with Gasteiger partial charge in [-0.25, -0.2) is 4.98 Å². The molecule has 120 valence electrons. The van der Waals surface area contributed by atoms with Gasteiger partial charge < -0.3 is 5.73 Å². The van der Waals surface area contributed by atoms with Gasteiger partial charge in [0.15, 0.2) is 4.34 Å². The molecule has 3 heterocycles. The molecule has 3 aromatic heterocycles. The van der Waals surface area contributed by atoms with Crippen LogP contribution in [0.4, 0.5) is 10.8 Å². The molecule has 0 unspecified atom stereocenters. The Morgan fingerprint density at radius 2 is 2.22 bits per heavy atom. The van der Waals surface area contributed by atoms with Crippen molar-refractivity contribution in [2.24, 2.45) is 5.92 Å². The van der Waals surface area contributed by atoms with E-state index in [1.54, 1.807) is 24.0 Å². The van der Waals surface area contributed by atoms with E-state index in [2.05, 4.69) is 34.3 Å². The van der Waals surface area contributed by atoms with Crippen LogP contribution in [0.15, 0.2) is 22.7 Å². The van der Waals surface area contributed by atoms with Gasteiger partial charge in [-0.2, -0.15) is 0 Å². The quantitative estimate of drug-likeness (QED) is 0.528. The zero-order valence-electron chi connectivity index (χ0n) is 12.6. The van der Waals surface area contributed by atoms with Crippen molar-refractivity contribution in [2.45, 2.75) is 18.2 Å². The first-order chi connectivity index (χ1) is 11.0. The lowest BCUT2D eigenvalue weighted by Gasteiger charge is -2.00. The molecule has 0 saturated heterocycles. The number of nitrogen functional groups attached to an aromatic ring is 1. The number of carbonyl (C=O) groups is 1. The fourth-order valence-corrected chi connectivity index (χ4v) is 4.51. The molecule has 0 radical (unpaired) electrons. The molecule has 0 saturated carbocycles. The molecule has 6 nitrogen and oxygen atoms in total. The summed E-state index contributed by atoms with van der Waals surface area (Å²) < 4.78 is 0.847. The van der Waals surface area contributed by atoms with Crippen LogP contribution >= 0.6 is 34.4 Å². The van der Waals surface area contributed by atoms with Crippen molar-refractivity contribution in [3.05, 3.63) is 23.2 Å². The van der Waals surface area contributed by atoms with E-state index in [0.29, 0.717) is 21.6 Å². The molecular weight excluding hydrogens is 350 g/mol. The average molecular weight is 366 g/mol. The predicted molar refractivity (Wildman–Crippen MR) is 97.5 cm³/mol. The number of amides is 1. The number of thiophene rings is 1.